The van der Waals surface area contributed by atoms with Crippen molar-refractivity contribution in [3.63, 3.8) is 0 Å². The first-order valence-corrected chi connectivity index (χ1v) is 10.7. The number of carbonyl (C=O) groups excluding carboxylic acids is 1. The van der Waals surface area contributed by atoms with Crippen LogP contribution in [-0.4, -0.2) is 49.4 Å². The Balaban J connectivity index is 1.68. The molecule has 0 aliphatic carbocycles. The van der Waals surface area contributed by atoms with Crippen molar-refractivity contribution in [1.82, 2.24) is 4.90 Å². The van der Waals surface area contributed by atoms with Gasteiger partial charge in [-0.15, -0.1) is 0 Å². The molecule has 4 rings (SSSR count). The minimum atomic E-state index is -3.20. The van der Waals surface area contributed by atoms with Crippen molar-refractivity contribution >= 4 is 33.0 Å². The molecule has 0 radical (unpaired) electrons. The Morgan fingerprint density at radius 1 is 0.962 bits per heavy atom. The highest BCUT2D eigenvalue weighted by molar-refractivity contribution is 7.91. The molecule has 0 N–H and O–H groups in total. The van der Waals surface area contributed by atoms with Crippen molar-refractivity contribution in [3.8, 4) is 0 Å². The number of anilines is 1. The molecule has 136 valence electrons. The van der Waals surface area contributed by atoms with E-state index in [0.717, 1.165) is 11.3 Å². The maximum atomic E-state index is 12.9. The number of amides is 1. The lowest BCUT2D eigenvalue weighted by atomic mass is 10.0. The van der Waals surface area contributed by atoms with E-state index < -0.39 is 9.84 Å². The molecule has 5 nitrogen and oxygen atoms in total. The number of para-hydroxylation sites is 1. The third-order valence-electron chi connectivity index (χ3n) is 5.07. The van der Waals surface area contributed by atoms with Crippen molar-refractivity contribution in [2.45, 2.75) is 18.6 Å². The number of fused-ring (bicyclic) bond motifs is 1. The summed E-state index contributed by atoms with van der Waals surface area (Å²) in [6.45, 7) is 0.640. The standard InChI is InChI=1S/C19H19ClN2O3S/c20-16-9-5-4-6-14(16)10-21-11-19(23)22(15-7-2-1-3-8-15)18-13-26(24,25)12-17(18)21/h1-9,17-18H,10-13H2/t17-,18+/m1/s1. The summed E-state index contributed by atoms with van der Waals surface area (Å²) in [7, 11) is -3.20. The van der Waals surface area contributed by atoms with Gasteiger partial charge in [-0.25, -0.2) is 8.42 Å². The Hall–Kier alpha value is -1.89. The first-order valence-electron chi connectivity index (χ1n) is 8.49. The lowest BCUT2D eigenvalue weighted by Crippen LogP contribution is -2.61. The Kier molecular flexibility index (Phi) is 4.50. The van der Waals surface area contributed by atoms with Crippen LogP contribution in [0.3, 0.4) is 0 Å². The van der Waals surface area contributed by atoms with E-state index in [4.69, 9.17) is 11.6 Å². The van der Waals surface area contributed by atoms with Gasteiger partial charge in [0.1, 0.15) is 0 Å². The lowest BCUT2D eigenvalue weighted by molar-refractivity contribution is -0.123. The maximum Gasteiger partial charge on any atom is 0.241 e. The minimum Gasteiger partial charge on any atom is -0.306 e. The predicted octanol–water partition coefficient (Wildman–Crippen LogP) is 2.35. The van der Waals surface area contributed by atoms with E-state index in [1.807, 2.05) is 59.5 Å². The molecule has 0 aromatic heterocycles. The number of nitrogens with zero attached hydrogens (tertiary/aromatic N) is 2. The van der Waals surface area contributed by atoms with Crippen LogP contribution in [0.25, 0.3) is 0 Å². The molecule has 2 saturated heterocycles. The van der Waals surface area contributed by atoms with Gasteiger partial charge in [0.15, 0.2) is 9.84 Å². The zero-order valence-corrected chi connectivity index (χ0v) is 15.7. The van der Waals surface area contributed by atoms with Gasteiger partial charge < -0.3 is 4.90 Å². The smallest absolute Gasteiger partial charge is 0.241 e. The highest BCUT2D eigenvalue weighted by Crippen LogP contribution is 2.33. The van der Waals surface area contributed by atoms with Gasteiger partial charge in [-0.1, -0.05) is 48.0 Å². The molecular formula is C19H19ClN2O3S. The van der Waals surface area contributed by atoms with Gasteiger partial charge in [-0.05, 0) is 23.8 Å². The average molecular weight is 391 g/mol. The normalized spacial score (nSPS) is 25.3. The Morgan fingerprint density at radius 2 is 1.62 bits per heavy atom. The molecule has 1 amide bonds. The van der Waals surface area contributed by atoms with Crippen molar-refractivity contribution in [3.05, 3.63) is 65.2 Å². The molecular weight excluding hydrogens is 372 g/mol. The van der Waals surface area contributed by atoms with E-state index in [9.17, 15) is 13.2 Å². The number of hydrogen-bond donors (Lipinski definition) is 0. The fourth-order valence-corrected chi connectivity index (χ4v) is 6.08. The first-order chi connectivity index (χ1) is 12.4. The van der Waals surface area contributed by atoms with Gasteiger partial charge in [0.25, 0.3) is 0 Å². The van der Waals surface area contributed by atoms with Crippen LogP contribution in [0.2, 0.25) is 5.02 Å². The Labute approximate surface area is 158 Å². The zero-order chi connectivity index (χ0) is 18.3. The second-order valence-corrected chi connectivity index (χ2v) is 9.37. The molecule has 2 atom stereocenters. The summed E-state index contributed by atoms with van der Waals surface area (Å²) in [5.74, 6) is -0.0163. The summed E-state index contributed by atoms with van der Waals surface area (Å²) in [5, 5.41) is 0.628. The highest BCUT2D eigenvalue weighted by atomic mass is 35.5. The molecule has 2 fully saturated rings. The summed E-state index contributed by atoms with van der Waals surface area (Å²) in [5.41, 5.74) is 1.65. The van der Waals surface area contributed by atoms with Crippen LogP contribution in [0, 0.1) is 0 Å². The number of halogens is 1. The van der Waals surface area contributed by atoms with E-state index in [-0.39, 0.29) is 36.0 Å². The van der Waals surface area contributed by atoms with Crippen LogP contribution in [0.5, 0.6) is 0 Å². The number of sulfone groups is 1. The number of benzene rings is 2. The van der Waals surface area contributed by atoms with E-state index >= 15 is 0 Å². The molecule has 0 unspecified atom stereocenters. The highest BCUT2D eigenvalue weighted by Gasteiger charge is 2.49. The summed E-state index contributed by atoms with van der Waals surface area (Å²) in [4.78, 5) is 16.5. The minimum absolute atomic E-state index is 0.00266. The van der Waals surface area contributed by atoms with Gasteiger partial charge in [0.2, 0.25) is 5.91 Å². The van der Waals surface area contributed by atoms with E-state index in [1.54, 1.807) is 4.90 Å². The predicted molar refractivity (Wildman–Crippen MR) is 102 cm³/mol. The van der Waals surface area contributed by atoms with Gasteiger partial charge in [0, 0.05) is 23.3 Å². The van der Waals surface area contributed by atoms with Crippen LogP contribution >= 0.6 is 11.6 Å². The lowest BCUT2D eigenvalue weighted by Gasteiger charge is -2.43. The molecule has 2 aromatic carbocycles. The number of hydrogen-bond acceptors (Lipinski definition) is 4. The Bertz CT molecular complexity index is 933. The summed E-state index contributed by atoms with van der Waals surface area (Å²) in [6, 6.07) is 16.2. The first kappa shape index (κ1) is 17.5. The summed E-state index contributed by atoms with van der Waals surface area (Å²) >= 11 is 6.26. The second kappa shape index (κ2) is 6.68. The third kappa shape index (κ3) is 3.24. The monoisotopic (exact) mass is 390 g/mol. The number of piperazine rings is 1. The molecule has 2 aromatic rings. The quantitative estimate of drug-likeness (QED) is 0.807. The average Bonchev–Trinajstić information content (AvgIpc) is 2.93. The van der Waals surface area contributed by atoms with Crippen LogP contribution in [-0.2, 0) is 21.2 Å². The number of rotatable bonds is 3. The maximum absolute atomic E-state index is 12.9. The van der Waals surface area contributed by atoms with Crippen molar-refractivity contribution < 1.29 is 13.2 Å². The van der Waals surface area contributed by atoms with Crippen molar-refractivity contribution in [2.24, 2.45) is 0 Å². The molecule has 7 heteroatoms. The summed E-state index contributed by atoms with van der Waals surface area (Å²) in [6.07, 6.45) is 0. The largest absolute Gasteiger partial charge is 0.306 e. The SMILES string of the molecule is O=C1CN(Cc2ccccc2Cl)[C@@H]2CS(=O)(=O)C[C@@H]2N1c1ccccc1. The van der Waals surface area contributed by atoms with Crippen LogP contribution in [0.1, 0.15) is 5.56 Å². The van der Waals surface area contributed by atoms with E-state index in [1.165, 1.54) is 0 Å². The topological polar surface area (TPSA) is 57.7 Å². The molecule has 0 spiro atoms. The molecule has 2 aliphatic heterocycles. The Morgan fingerprint density at radius 3 is 2.35 bits per heavy atom. The van der Waals surface area contributed by atoms with E-state index in [2.05, 4.69) is 0 Å². The van der Waals surface area contributed by atoms with Gasteiger partial charge >= 0.3 is 0 Å². The molecule has 2 aliphatic rings. The van der Waals surface area contributed by atoms with Crippen molar-refractivity contribution in [1.29, 1.82) is 0 Å². The van der Waals surface area contributed by atoms with Crippen molar-refractivity contribution in [2.75, 3.05) is 23.0 Å². The van der Waals surface area contributed by atoms with Crippen LogP contribution < -0.4 is 4.90 Å². The third-order valence-corrected chi connectivity index (χ3v) is 7.13. The molecule has 0 bridgehead atoms. The fraction of sp³-hybridized carbons (Fsp3) is 0.316. The second-order valence-electron chi connectivity index (χ2n) is 6.81. The van der Waals surface area contributed by atoms with Gasteiger partial charge in [-0.3, -0.25) is 9.69 Å². The molecule has 0 saturated carbocycles. The van der Waals surface area contributed by atoms with E-state index in [0.29, 0.717) is 11.6 Å². The van der Waals surface area contributed by atoms with Gasteiger partial charge in [0.05, 0.1) is 24.1 Å². The fourth-order valence-electron chi connectivity index (χ4n) is 3.90. The molecule has 26 heavy (non-hydrogen) atoms. The summed E-state index contributed by atoms with van der Waals surface area (Å²) < 4.78 is 24.7. The number of carbonyl (C=O) groups is 1. The molecule has 2 heterocycles. The zero-order valence-electron chi connectivity index (χ0n) is 14.1. The van der Waals surface area contributed by atoms with Gasteiger partial charge in [-0.2, -0.15) is 0 Å². The van der Waals surface area contributed by atoms with Crippen LogP contribution in [0.15, 0.2) is 54.6 Å². The van der Waals surface area contributed by atoms with Crippen LogP contribution in [0.4, 0.5) is 5.69 Å².